The van der Waals surface area contributed by atoms with Gasteiger partial charge in [-0.1, -0.05) is 0 Å². The molecule has 0 aromatic rings. The zero-order valence-corrected chi connectivity index (χ0v) is 6.49. The number of hydrogen-bond acceptors (Lipinski definition) is 2. The van der Waals surface area contributed by atoms with Crippen LogP contribution in [0.5, 0.6) is 0 Å². The largest absolute Gasteiger partial charge is 0.350 e. The Morgan fingerprint density at radius 3 is 2.62 bits per heavy atom. The Hall–Kier alpha value is -0.330. The van der Waals surface area contributed by atoms with Crippen LogP contribution in [0.3, 0.4) is 0 Å². The summed E-state index contributed by atoms with van der Waals surface area (Å²) < 4.78 is 1.46. The van der Waals surface area contributed by atoms with Crippen molar-refractivity contribution in [1.82, 2.24) is 5.01 Å². The minimum atomic E-state index is -0.557. The molecule has 0 rings (SSSR count). The summed E-state index contributed by atoms with van der Waals surface area (Å²) in [6.07, 6.45) is 0. The zero-order chi connectivity index (χ0) is 6.57. The average molecular weight is 227 g/mol. The monoisotopic (exact) mass is 227 g/mol. The Morgan fingerprint density at radius 2 is 2.50 bits per heavy atom. The second-order valence-electron chi connectivity index (χ2n) is 1.07. The van der Waals surface area contributed by atoms with E-state index in [0.717, 1.165) is 5.01 Å². The summed E-state index contributed by atoms with van der Waals surface area (Å²) >= 11 is 1.89. The summed E-state index contributed by atoms with van der Waals surface area (Å²) in [5.41, 5.74) is 4.79. The van der Waals surface area contributed by atoms with Gasteiger partial charge in [0.05, 0.1) is 4.22 Å². The molecule has 8 heavy (non-hydrogen) atoms. The maximum Gasteiger partial charge on any atom is 0.334 e. The molecule has 0 radical (unpaired) electrons. The molecule has 0 heterocycles. The molecule has 5 heteroatoms. The summed E-state index contributed by atoms with van der Waals surface area (Å²) in [4.78, 5) is 10.1. The Morgan fingerprint density at radius 1 is 2.00 bits per heavy atom. The van der Waals surface area contributed by atoms with Crippen molar-refractivity contribution < 1.29 is 4.79 Å². The van der Waals surface area contributed by atoms with Crippen LogP contribution in [-0.4, -0.2) is 22.3 Å². The Labute approximate surface area is 60.9 Å². The summed E-state index contributed by atoms with van der Waals surface area (Å²) in [7, 11) is 1.48. The van der Waals surface area contributed by atoms with Crippen LogP contribution < -0.4 is 5.73 Å². The van der Waals surface area contributed by atoms with Gasteiger partial charge in [-0.3, -0.25) is 0 Å². The summed E-state index contributed by atoms with van der Waals surface area (Å²) in [6.45, 7) is 0. The molecule has 46 valence electrons. The first-order valence-electron chi connectivity index (χ1n) is 1.84. The van der Waals surface area contributed by atoms with Crippen LogP contribution in [0, 0.1) is 0 Å². The highest BCUT2D eigenvalue weighted by atomic mass is 127. The van der Waals surface area contributed by atoms with E-state index < -0.39 is 6.03 Å². The Balaban J connectivity index is 3.64. The van der Waals surface area contributed by atoms with E-state index in [9.17, 15) is 4.79 Å². The fourth-order valence-electron chi connectivity index (χ4n) is 0.122. The normalized spacial score (nSPS) is 9.75. The number of rotatable bonds is 1. The van der Waals surface area contributed by atoms with Crippen molar-refractivity contribution in [2.24, 2.45) is 10.8 Å². The number of carbonyl (C=O) groups excluding carboxylic acids is 1. The molecule has 0 aromatic carbocycles. The van der Waals surface area contributed by atoms with Crippen molar-refractivity contribution in [3.05, 3.63) is 0 Å². The number of primary amides is 1. The number of nitrogens with two attached hydrogens (primary N) is 1. The average Bonchev–Trinajstić information content (AvgIpc) is 1.67. The highest BCUT2D eigenvalue weighted by molar-refractivity contribution is 14.1. The van der Waals surface area contributed by atoms with Gasteiger partial charge in [0, 0.05) is 7.05 Å². The molecule has 4 nitrogen and oxygen atoms in total. The standard InChI is InChI=1S/C3H6IN3O/c1-7(3(5)8)6-2-4/h2H,1H3,(H2,5,8)/b6-2-. The van der Waals surface area contributed by atoms with Crippen molar-refractivity contribution in [2.75, 3.05) is 7.05 Å². The van der Waals surface area contributed by atoms with E-state index in [-0.39, 0.29) is 0 Å². The lowest BCUT2D eigenvalue weighted by Gasteiger charge is -2.02. The van der Waals surface area contributed by atoms with Crippen LogP contribution in [0.4, 0.5) is 4.79 Å². The van der Waals surface area contributed by atoms with Gasteiger partial charge in [-0.05, 0) is 22.6 Å². The first-order valence-corrected chi connectivity index (χ1v) is 3.09. The second-order valence-corrected chi connectivity index (χ2v) is 1.63. The summed E-state index contributed by atoms with van der Waals surface area (Å²) in [6, 6.07) is -0.557. The molecule has 0 fully saturated rings. The molecule has 0 atom stereocenters. The fraction of sp³-hybridized carbons (Fsp3) is 0.333. The van der Waals surface area contributed by atoms with Gasteiger partial charge in [0.1, 0.15) is 0 Å². The maximum atomic E-state index is 10.1. The van der Waals surface area contributed by atoms with Gasteiger partial charge in [0.15, 0.2) is 0 Å². The van der Waals surface area contributed by atoms with E-state index in [0.29, 0.717) is 0 Å². The van der Waals surface area contributed by atoms with Crippen molar-refractivity contribution in [3.8, 4) is 0 Å². The zero-order valence-electron chi connectivity index (χ0n) is 4.34. The van der Waals surface area contributed by atoms with E-state index in [4.69, 9.17) is 5.73 Å². The SMILES string of the molecule is CN(/N=C\I)C(N)=O. The van der Waals surface area contributed by atoms with Crippen LogP contribution >= 0.6 is 22.6 Å². The Kier molecular flexibility index (Phi) is 3.49. The molecular weight excluding hydrogens is 221 g/mol. The third-order valence-electron chi connectivity index (χ3n) is 0.536. The van der Waals surface area contributed by atoms with Crippen LogP contribution in [0.15, 0.2) is 5.10 Å². The molecule has 0 saturated carbocycles. The predicted molar refractivity (Wildman–Crippen MR) is 39.9 cm³/mol. The van der Waals surface area contributed by atoms with E-state index in [1.807, 2.05) is 22.6 Å². The van der Waals surface area contributed by atoms with Gasteiger partial charge in [-0.25, -0.2) is 9.80 Å². The quantitative estimate of drug-likeness (QED) is 0.392. The fourth-order valence-corrected chi connectivity index (χ4v) is 0.496. The lowest BCUT2D eigenvalue weighted by Crippen LogP contribution is -2.26. The van der Waals surface area contributed by atoms with Crippen molar-refractivity contribution in [1.29, 1.82) is 0 Å². The highest BCUT2D eigenvalue weighted by Crippen LogP contribution is 1.81. The van der Waals surface area contributed by atoms with Gasteiger partial charge in [-0.15, -0.1) is 0 Å². The molecule has 0 bridgehead atoms. The van der Waals surface area contributed by atoms with Crippen LogP contribution in [0.1, 0.15) is 0 Å². The molecule has 2 amide bonds. The lowest BCUT2D eigenvalue weighted by atomic mass is 11.0. The van der Waals surface area contributed by atoms with Gasteiger partial charge in [-0.2, -0.15) is 5.10 Å². The van der Waals surface area contributed by atoms with E-state index in [1.165, 1.54) is 11.3 Å². The Bertz CT molecular complexity index is 113. The number of hydrazone groups is 1. The number of carbonyl (C=O) groups is 1. The first-order chi connectivity index (χ1) is 3.68. The third kappa shape index (κ3) is 2.78. The number of urea groups is 1. The van der Waals surface area contributed by atoms with Gasteiger partial charge in [0.2, 0.25) is 0 Å². The molecular formula is C3H6IN3O. The molecule has 0 aliphatic heterocycles. The van der Waals surface area contributed by atoms with E-state index in [2.05, 4.69) is 5.10 Å². The molecule has 0 aliphatic carbocycles. The predicted octanol–water partition coefficient (Wildman–Crippen LogP) is 0.375. The molecule has 2 N–H and O–H groups in total. The minimum Gasteiger partial charge on any atom is -0.350 e. The van der Waals surface area contributed by atoms with Gasteiger partial charge in [0.25, 0.3) is 0 Å². The molecule has 0 spiro atoms. The number of nitrogens with zero attached hydrogens (tertiary/aromatic N) is 2. The van der Waals surface area contributed by atoms with Crippen LogP contribution in [0.2, 0.25) is 0 Å². The number of halogens is 1. The van der Waals surface area contributed by atoms with Crippen molar-refractivity contribution >= 4 is 32.8 Å². The van der Waals surface area contributed by atoms with Gasteiger partial charge >= 0.3 is 6.03 Å². The van der Waals surface area contributed by atoms with Gasteiger partial charge < -0.3 is 5.73 Å². The van der Waals surface area contributed by atoms with E-state index in [1.54, 1.807) is 0 Å². The molecule has 0 aromatic heterocycles. The number of amides is 2. The van der Waals surface area contributed by atoms with Crippen LogP contribution in [0.25, 0.3) is 0 Å². The number of hydrogen-bond donors (Lipinski definition) is 1. The lowest BCUT2D eigenvalue weighted by molar-refractivity contribution is 0.221. The maximum absolute atomic E-state index is 10.1. The first kappa shape index (κ1) is 7.67. The molecule has 0 unspecified atom stereocenters. The topological polar surface area (TPSA) is 58.7 Å². The second kappa shape index (κ2) is 3.65. The molecule has 0 aliphatic rings. The highest BCUT2D eigenvalue weighted by Gasteiger charge is 1.94. The van der Waals surface area contributed by atoms with E-state index >= 15 is 0 Å². The van der Waals surface area contributed by atoms with Crippen molar-refractivity contribution in [2.45, 2.75) is 0 Å². The van der Waals surface area contributed by atoms with Crippen molar-refractivity contribution in [3.63, 3.8) is 0 Å². The smallest absolute Gasteiger partial charge is 0.334 e. The molecule has 0 saturated heterocycles. The third-order valence-corrected chi connectivity index (χ3v) is 0.785. The summed E-state index contributed by atoms with van der Waals surface area (Å²) in [5, 5.41) is 4.59. The summed E-state index contributed by atoms with van der Waals surface area (Å²) in [5.74, 6) is 0. The van der Waals surface area contributed by atoms with Crippen LogP contribution in [-0.2, 0) is 0 Å². The minimum absolute atomic E-state index is 0.557.